The Hall–Kier alpha value is -0.450. The monoisotopic (exact) mass is 301 g/mol. The van der Waals surface area contributed by atoms with E-state index in [1.165, 1.54) is 0 Å². The molecule has 94 valence electrons. The predicted octanol–water partition coefficient (Wildman–Crippen LogP) is 3.33. The molecule has 1 N–H and O–H groups in total. The van der Waals surface area contributed by atoms with E-state index in [4.69, 9.17) is 4.74 Å². The highest BCUT2D eigenvalue weighted by Crippen LogP contribution is 2.35. The summed E-state index contributed by atoms with van der Waals surface area (Å²) >= 11 is 3.44. The van der Waals surface area contributed by atoms with Crippen LogP contribution in [-0.2, 0) is 16.9 Å². The SMILES string of the molecule is COCc1cc(Br)cc(C2(C)CCCN2)c1F. The Morgan fingerprint density at radius 3 is 2.88 bits per heavy atom. The van der Waals surface area contributed by atoms with Crippen molar-refractivity contribution in [1.29, 1.82) is 0 Å². The molecule has 1 heterocycles. The van der Waals surface area contributed by atoms with Crippen LogP contribution in [0.25, 0.3) is 0 Å². The van der Waals surface area contributed by atoms with E-state index in [0.29, 0.717) is 12.2 Å². The van der Waals surface area contributed by atoms with E-state index in [0.717, 1.165) is 29.4 Å². The molecule has 17 heavy (non-hydrogen) atoms. The third-order valence-corrected chi connectivity index (χ3v) is 3.83. The van der Waals surface area contributed by atoms with Gasteiger partial charge in [0, 0.05) is 28.2 Å². The van der Waals surface area contributed by atoms with Crippen molar-refractivity contribution in [3.05, 3.63) is 33.5 Å². The van der Waals surface area contributed by atoms with E-state index in [-0.39, 0.29) is 11.4 Å². The lowest BCUT2D eigenvalue weighted by molar-refractivity contribution is 0.180. The van der Waals surface area contributed by atoms with Crippen molar-refractivity contribution >= 4 is 15.9 Å². The number of methoxy groups -OCH3 is 1. The molecule has 0 saturated carbocycles. The molecule has 1 aromatic rings. The molecule has 1 aliphatic heterocycles. The van der Waals surface area contributed by atoms with Gasteiger partial charge in [-0.15, -0.1) is 0 Å². The summed E-state index contributed by atoms with van der Waals surface area (Å²) in [6.07, 6.45) is 2.05. The zero-order chi connectivity index (χ0) is 12.5. The molecule has 0 aromatic heterocycles. The van der Waals surface area contributed by atoms with Gasteiger partial charge in [-0.1, -0.05) is 15.9 Å². The smallest absolute Gasteiger partial charge is 0.133 e. The lowest BCUT2D eigenvalue weighted by Gasteiger charge is -2.26. The Balaban J connectivity index is 2.45. The molecule has 0 spiro atoms. The minimum absolute atomic E-state index is 0.146. The second-order valence-corrected chi connectivity index (χ2v) is 5.64. The fraction of sp³-hybridized carbons (Fsp3) is 0.538. The van der Waals surface area contributed by atoms with Crippen LogP contribution in [0.1, 0.15) is 30.9 Å². The summed E-state index contributed by atoms with van der Waals surface area (Å²) in [6, 6.07) is 3.65. The van der Waals surface area contributed by atoms with Gasteiger partial charge in [0.1, 0.15) is 5.82 Å². The van der Waals surface area contributed by atoms with E-state index >= 15 is 0 Å². The predicted molar refractivity (Wildman–Crippen MR) is 69.4 cm³/mol. The van der Waals surface area contributed by atoms with Gasteiger partial charge >= 0.3 is 0 Å². The van der Waals surface area contributed by atoms with Gasteiger partial charge in [0.05, 0.1) is 6.61 Å². The largest absolute Gasteiger partial charge is 0.380 e. The van der Waals surface area contributed by atoms with Crippen LogP contribution in [0.15, 0.2) is 16.6 Å². The van der Waals surface area contributed by atoms with Crippen LogP contribution in [0.5, 0.6) is 0 Å². The van der Waals surface area contributed by atoms with E-state index in [1.807, 2.05) is 6.07 Å². The molecular weight excluding hydrogens is 285 g/mol. The summed E-state index contributed by atoms with van der Waals surface area (Å²) < 4.78 is 20.3. The molecule has 1 aromatic carbocycles. The van der Waals surface area contributed by atoms with Gasteiger partial charge in [-0.25, -0.2) is 4.39 Å². The molecule has 2 rings (SSSR count). The summed E-state index contributed by atoms with van der Waals surface area (Å²) in [7, 11) is 1.58. The van der Waals surface area contributed by atoms with Gasteiger partial charge in [0.25, 0.3) is 0 Å². The highest BCUT2D eigenvalue weighted by Gasteiger charge is 2.33. The first-order chi connectivity index (χ1) is 8.07. The van der Waals surface area contributed by atoms with E-state index in [2.05, 4.69) is 28.2 Å². The number of nitrogens with one attached hydrogen (secondary N) is 1. The molecule has 2 nitrogen and oxygen atoms in total. The zero-order valence-electron chi connectivity index (χ0n) is 10.1. The Kier molecular flexibility index (Phi) is 3.85. The lowest BCUT2D eigenvalue weighted by atomic mass is 9.89. The fourth-order valence-electron chi connectivity index (χ4n) is 2.43. The van der Waals surface area contributed by atoms with Gasteiger partial charge in [-0.3, -0.25) is 0 Å². The molecule has 4 heteroatoms. The van der Waals surface area contributed by atoms with Crippen LogP contribution >= 0.6 is 15.9 Å². The zero-order valence-corrected chi connectivity index (χ0v) is 11.7. The van der Waals surface area contributed by atoms with E-state index in [1.54, 1.807) is 13.2 Å². The van der Waals surface area contributed by atoms with Crippen LogP contribution in [0.2, 0.25) is 0 Å². The maximum Gasteiger partial charge on any atom is 0.133 e. The van der Waals surface area contributed by atoms with Crippen molar-refractivity contribution < 1.29 is 9.13 Å². The molecule has 1 fully saturated rings. The Labute approximate surface area is 110 Å². The summed E-state index contributed by atoms with van der Waals surface area (Å²) in [4.78, 5) is 0. The van der Waals surface area contributed by atoms with Gasteiger partial charge in [0.2, 0.25) is 0 Å². The highest BCUT2D eigenvalue weighted by atomic mass is 79.9. The molecular formula is C13H17BrFNO. The second kappa shape index (κ2) is 5.04. The number of hydrogen-bond acceptors (Lipinski definition) is 2. The maximum absolute atomic E-state index is 14.4. The van der Waals surface area contributed by atoms with Crippen molar-refractivity contribution in [2.75, 3.05) is 13.7 Å². The van der Waals surface area contributed by atoms with Gasteiger partial charge < -0.3 is 10.1 Å². The number of rotatable bonds is 3. The van der Waals surface area contributed by atoms with Crippen molar-refractivity contribution in [1.82, 2.24) is 5.32 Å². The van der Waals surface area contributed by atoms with Crippen molar-refractivity contribution in [3.8, 4) is 0 Å². The minimum atomic E-state index is -0.254. The molecule has 0 bridgehead atoms. The number of benzene rings is 1. The summed E-state index contributed by atoms with van der Waals surface area (Å²) in [5.74, 6) is -0.146. The molecule has 0 radical (unpaired) electrons. The molecule has 1 aliphatic rings. The third-order valence-electron chi connectivity index (χ3n) is 3.38. The molecule has 1 unspecified atom stereocenters. The van der Waals surface area contributed by atoms with Crippen molar-refractivity contribution in [2.45, 2.75) is 31.9 Å². The lowest BCUT2D eigenvalue weighted by Crippen LogP contribution is -2.34. The van der Waals surface area contributed by atoms with E-state index < -0.39 is 0 Å². The van der Waals surface area contributed by atoms with Gasteiger partial charge in [0.15, 0.2) is 0 Å². The van der Waals surface area contributed by atoms with Crippen molar-refractivity contribution in [3.63, 3.8) is 0 Å². The van der Waals surface area contributed by atoms with Crippen LogP contribution in [-0.4, -0.2) is 13.7 Å². The third kappa shape index (κ3) is 2.54. The van der Waals surface area contributed by atoms with Gasteiger partial charge in [-0.05, 0) is 38.4 Å². The fourth-order valence-corrected chi connectivity index (χ4v) is 2.94. The number of hydrogen-bond donors (Lipinski definition) is 1. The van der Waals surface area contributed by atoms with Crippen molar-refractivity contribution in [2.24, 2.45) is 0 Å². The maximum atomic E-state index is 14.4. The first kappa shape index (κ1) is 13.0. The summed E-state index contributed by atoms with van der Waals surface area (Å²) in [5.41, 5.74) is 1.08. The Morgan fingerprint density at radius 2 is 2.29 bits per heavy atom. The van der Waals surface area contributed by atoms with Gasteiger partial charge in [-0.2, -0.15) is 0 Å². The number of halogens is 2. The van der Waals surface area contributed by atoms with Crippen LogP contribution in [0.3, 0.4) is 0 Å². The second-order valence-electron chi connectivity index (χ2n) is 4.72. The molecule has 0 aliphatic carbocycles. The Morgan fingerprint density at radius 1 is 1.53 bits per heavy atom. The van der Waals surface area contributed by atoms with E-state index in [9.17, 15) is 4.39 Å². The standard InChI is InChI=1S/C13H17BrFNO/c1-13(4-3-5-16-13)11-7-10(14)6-9(8-17-2)12(11)15/h6-7,16H,3-5,8H2,1-2H3. The number of ether oxygens (including phenoxy) is 1. The molecule has 0 amide bonds. The molecule has 1 saturated heterocycles. The van der Waals surface area contributed by atoms with Crippen LogP contribution < -0.4 is 5.32 Å². The molecule has 1 atom stereocenters. The van der Waals surface area contributed by atoms with Crippen LogP contribution in [0.4, 0.5) is 4.39 Å². The summed E-state index contributed by atoms with van der Waals surface area (Å²) in [6.45, 7) is 3.30. The van der Waals surface area contributed by atoms with Crippen LogP contribution in [0, 0.1) is 5.82 Å². The summed E-state index contributed by atoms with van der Waals surface area (Å²) in [5, 5.41) is 3.38. The topological polar surface area (TPSA) is 21.3 Å². The average Bonchev–Trinajstić information content (AvgIpc) is 2.71. The Bertz CT molecular complexity index is 416. The minimum Gasteiger partial charge on any atom is -0.380 e. The normalized spacial score (nSPS) is 24.2. The first-order valence-corrected chi connectivity index (χ1v) is 6.58. The highest BCUT2D eigenvalue weighted by molar-refractivity contribution is 9.10. The first-order valence-electron chi connectivity index (χ1n) is 5.79. The average molecular weight is 302 g/mol. The quantitative estimate of drug-likeness (QED) is 0.924.